The summed E-state index contributed by atoms with van der Waals surface area (Å²) in [6.07, 6.45) is 2.56. The van der Waals surface area contributed by atoms with Gasteiger partial charge in [-0.2, -0.15) is 0 Å². The maximum Gasteiger partial charge on any atom is 0.251 e. The number of fused-ring (bicyclic) bond motifs is 1. The van der Waals surface area contributed by atoms with Gasteiger partial charge in [0.1, 0.15) is 23.4 Å². The molecular formula is C32H32N8O3. The van der Waals surface area contributed by atoms with E-state index in [1.165, 1.54) is 0 Å². The highest BCUT2D eigenvalue weighted by Gasteiger charge is 2.25. The van der Waals surface area contributed by atoms with Crippen LogP contribution in [-0.2, 0) is 11.3 Å². The van der Waals surface area contributed by atoms with Gasteiger partial charge in [0, 0.05) is 23.9 Å². The number of hydrogen-bond donors (Lipinski definition) is 4. The van der Waals surface area contributed by atoms with E-state index in [1.807, 2.05) is 77.4 Å². The second kappa shape index (κ2) is 13.3. The van der Waals surface area contributed by atoms with Crippen molar-refractivity contribution in [3.63, 3.8) is 0 Å². The van der Waals surface area contributed by atoms with Gasteiger partial charge in [0.15, 0.2) is 5.96 Å². The SMILES string of the molecule is NC(=O)[C@H](CCCN=C(N)N)n1c(-c2cccc(Oc3ccccc3)c2)nc2cc(C(=O)NCc3ccccn3)ccc21. The molecule has 3 aromatic carbocycles. The van der Waals surface area contributed by atoms with Crippen LogP contribution in [0.3, 0.4) is 0 Å². The van der Waals surface area contributed by atoms with Crippen LogP contribution in [0.2, 0.25) is 0 Å². The van der Waals surface area contributed by atoms with Crippen LogP contribution in [0.15, 0.2) is 102 Å². The van der Waals surface area contributed by atoms with Crippen LogP contribution in [0.1, 0.15) is 34.9 Å². The third kappa shape index (κ3) is 7.14. The molecule has 0 unspecified atom stereocenters. The first kappa shape index (κ1) is 28.8. The second-order valence-corrected chi connectivity index (χ2v) is 9.82. The monoisotopic (exact) mass is 576 g/mol. The number of ether oxygens (including phenoxy) is 1. The van der Waals surface area contributed by atoms with Crippen molar-refractivity contribution in [1.29, 1.82) is 0 Å². The van der Waals surface area contributed by atoms with Crippen molar-refractivity contribution in [1.82, 2.24) is 19.9 Å². The summed E-state index contributed by atoms with van der Waals surface area (Å²) in [5.74, 6) is 0.966. The molecule has 2 aromatic heterocycles. The molecule has 0 aliphatic heterocycles. The highest BCUT2D eigenvalue weighted by Crippen LogP contribution is 2.33. The summed E-state index contributed by atoms with van der Waals surface area (Å²) in [6, 6.07) is 26.8. The minimum atomic E-state index is -0.753. The number of aliphatic imine (C=N–C) groups is 1. The minimum Gasteiger partial charge on any atom is -0.457 e. The van der Waals surface area contributed by atoms with E-state index in [1.54, 1.807) is 24.4 Å². The molecule has 1 atom stereocenters. The van der Waals surface area contributed by atoms with Gasteiger partial charge in [-0.3, -0.25) is 19.6 Å². The van der Waals surface area contributed by atoms with Crippen LogP contribution in [0, 0.1) is 0 Å². The van der Waals surface area contributed by atoms with E-state index in [0.717, 1.165) is 5.69 Å². The smallest absolute Gasteiger partial charge is 0.251 e. The number of nitrogens with one attached hydrogen (secondary N) is 1. The van der Waals surface area contributed by atoms with E-state index in [2.05, 4.69) is 15.3 Å². The molecule has 0 fully saturated rings. The van der Waals surface area contributed by atoms with Gasteiger partial charge in [0.2, 0.25) is 5.91 Å². The Morgan fingerprint density at radius 2 is 1.70 bits per heavy atom. The molecule has 5 aromatic rings. The van der Waals surface area contributed by atoms with Gasteiger partial charge in [0.05, 0.1) is 23.3 Å². The van der Waals surface area contributed by atoms with Crippen molar-refractivity contribution in [3.05, 3.63) is 108 Å². The van der Waals surface area contributed by atoms with Crippen LogP contribution in [0.4, 0.5) is 0 Å². The van der Waals surface area contributed by atoms with Crippen LogP contribution >= 0.6 is 0 Å². The summed E-state index contributed by atoms with van der Waals surface area (Å²) in [4.78, 5) is 39.0. The molecule has 0 saturated heterocycles. The highest BCUT2D eigenvalue weighted by molar-refractivity contribution is 5.98. The maximum atomic E-state index is 13.0. The minimum absolute atomic E-state index is 0.0199. The predicted molar refractivity (Wildman–Crippen MR) is 165 cm³/mol. The van der Waals surface area contributed by atoms with Gasteiger partial charge in [-0.25, -0.2) is 4.98 Å². The molecule has 2 amide bonds. The largest absolute Gasteiger partial charge is 0.457 e. The number of aromatic nitrogens is 3. The van der Waals surface area contributed by atoms with Gasteiger partial charge in [-0.1, -0.05) is 36.4 Å². The fraction of sp³-hybridized carbons (Fsp3) is 0.156. The van der Waals surface area contributed by atoms with E-state index in [9.17, 15) is 9.59 Å². The number of benzene rings is 3. The number of para-hydroxylation sites is 1. The van der Waals surface area contributed by atoms with Crippen LogP contribution < -0.4 is 27.3 Å². The molecule has 43 heavy (non-hydrogen) atoms. The quantitative estimate of drug-likeness (QED) is 0.0988. The summed E-state index contributed by atoms with van der Waals surface area (Å²) in [7, 11) is 0. The molecule has 0 bridgehead atoms. The topological polar surface area (TPSA) is 177 Å². The second-order valence-electron chi connectivity index (χ2n) is 9.82. The Hall–Kier alpha value is -5.71. The Morgan fingerprint density at radius 1 is 0.907 bits per heavy atom. The molecule has 218 valence electrons. The molecule has 5 rings (SSSR count). The summed E-state index contributed by atoms with van der Waals surface area (Å²) in [5.41, 5.74) is 19.9. The van der Waals surface area contributed by atoms with E-state index in [4.69, 9.17) is 26.9 Å². The molecule has 0 saturated carbocycles. The molecule has 11 nitrogen and oxygen atoms in total. The molecule has 0 aliphatic rings. The van der Waals surface area contributed by atoms with Gasteiger partial charge in [-0.05, 0) is 67.4 Å². The Morgan fingerprint density at radius 3 is 2.44 bits per heavy atom. The first-order valence-corrected chi connectivity index (χ1v) is 13.8. The Labute approximate surface area is 248 Å². The molecule has 0 radical (unpaired) electrons. The normalized spacial score (nSPS) is 11.5. The summed E-state index contributed by atoms with van der Waals surface area (Å²) >= 11 is 0. The van der Waals surface area contributed by atoms with E-state index < -0.39 is 11.9 Å². The lowest BCUT2D eigenvalue weighted by Crippen LogP contribution is -2.27. The predicted octanol–water partition coefficient (Wildman–Crippen LogP) is 3.90. The molecule has 0 spiro atoms. The molecular weight excluding hydrogens is 544 g/mol. The first-order chi connectivity index (χ1) is 20.9. The number of carbonyl (C=O) groups is 2. The lowest BCUT2D eigenvalue weighted by Gasteiger charge is -2.19. The van der Waals surface area contributed by atoms with Crippen LogP contribution in [0.25, 0.3) is 22.4 Å². The average Bonchev–Trinajstić information content (AvgIpc) is 3.39. The Kier molecular flexibility index (Phi) is 8.91. The Bertz CT molecular complexity index is 1750. The number of imidazole rings is 1. The molecule has 0 aliphatic carbocycles. The number of rotatable bonds is 12. The van der Waals surface area contributed by atoms with Gasteiger partial charge in [0.25, 0.3) is 5.91 Å². The van der Waals surface area contributed by atoms with Gasteiger partial charge in [-0.15, -0.1) is 0 Å². The van der Waals surface area contributed by atoms with Crippen LogP contribution in [0.5, 0.6) is 11.5 Å². The standard InChI is InChI=1S/C32H32N8O3/c33-29(41)28(13-7-17-37-32(34)35)40-27-15-14-22(31(42)38-20-23-9-4-5-16-36-23)19-26(27)39-30(40)21-8-6-12-25(18-21)43-24-10-2-1-3-11-24/h1-6,8-12,14-16,18-19,28H,7,13,17,20H2,(H2,33,41)(H,38,42)(H4,34,35,37)/t28-/m0/s1. The third-order valence-corrected chi connectivity index (χ3v) is 6.75. The van der Waals surface area contributed by atoms with Crippen molar-refractivity contribution >= 4 is 28.8 Å². The maximum absolute atomic E-state index is 13.0. The van der Waals surface area contributed by atoms with Crippen molar-refractivity contribution in [2.24, 2.45) is 22.2 Å². The van der Waals surface area contributed by atoms with Gasteiger partial charge < -0.3 is 31.8 Å². The number of hydrogen-bond acceptors (Lipinski definition) is 6. The van der Waals surface area contributed by atoms with Gasteiger partial charge >= 0.3 is 0 Å². The lowest BCUT2D eigenvalue weighted by molar-refractivity contribution is -0.121. The average molecular weight is 577 g/mol. The van der Waals surface area contributed by atoms with Crippen molar-refractivity contribution in [2.45, 2.75) is 25.4 Å². The zero-order chi connectivity index (χ0) is 30.2. The number of pyridine rings is 1. The van der Waals surface area contributed by atoms with Crippen molar-refractivity contribution in [3.8, 4) is 22.9 Å². The first-order valence-electron chi connectivity index (χ1n) is 13.8. The Balaban J connectivity index is 1.52. The molecule has 2 heterocycles. The number of primary amides is 1. The number of amides is 2. The number of carbonyl (C=O) groups excluding carboxylic acids is 2. The number of guanidine groups is 1. The van der Waals surface area contributed by atoms with Crippen molar-refractivity contribution < 1.29 is 14.3 Å². The fourth-order valence-electron chi connectivity index (χ4n) is 4.75. The lowest BCUT2D eigenvalue weighted by atomic mass is 10.1. The summed E-state index contributed by atoms with van der Waals surface area (Å²) < 4.78 is 7.86. The number of nitrogens with zero attached hydrogens (tertiary/aromatic N) is 4. The van der Waals surface area contributed by atoms with Crippen molar-refractivity contribution in [2.75, 3.05) is 6.54 Å². The van der Waals surface area contributed by atoms with Crippen LogP contribution in [-0.4, -0.2) is 38.9 Å². The zero-order valence-electron chi connectivity index (χ0n) is 23.4. The zero-order valence-corrected chi connectivity index (χ0v) is 23.4. The summed E-state index contributed by atoms with van der Waals surface area (Å²) in [5, 5.41) is 2.89. The van der Waals surface area contributed by atoms with E-state index >= 15 is 0 Å². The fourth-order valence-corrected chi connectivity index (χ4v) is 4.75. The number of nitrogens with two attached hydrogens (primary N) is 3. The highest BCUT2D eigenvalue weighted by atomic mass is 16.5. The van der Waals surface area contributed by atoms with E-state index in [-0.39, 0.29) is 18.4 Å². The third-order valence-electron chi connectivity index (χ3n) is 6.75. The van der Waals surface area contributed by atoms with E-state index in [0.29, 0.717) is 58.9 Å². The molecule has 11 heteroatoms. The molecule has 7 N–H and O–H groups in total. The summed E-state index contributed by atoms with van der Waals surface area (Å²) in [6.45, 7) is 0.625.